The number of hydrogen-bond acceptors (Lipinski definition) is 2. The molecule has 0 bridgehead atoms. The summed E-state index contributed by atoms with van der Waals surface area (Å²) in [6.07, 6.45) is 3.56. The van der Waals surface area contributed by atoms with Crippen molar-refractivity contribution in [2.24, 2.45) is 5.73 Å². The molecule has 3 nitrogen and oxygen atoms in total. The number of rotatable bonds is 2. The average molecular weight is 236 g/mol. The van der Waals surface area contributed by atoms with E-state index in [-0.39, 0.29) is 6.04 Å². The molecule has 1 atom stereocenters. The monoisotopic (exact) mass is 235 g/mol. The lowest BCUT2D eigenvalue weighted by molar-refractivity contribution is 0.751. The van der Waals surface area contributed by atoms with E-state index in [9.17, 15) is 0 Å². The molecular weight excluding hydrogens is 222 g/mol. The van der Waals surface area contributed by atoms with Crippen molar-refractivity contribution in [2.45, 2.75) is 19.9 Å². The number of imidazole rings is 1. The Balaban J connectivity index is 2.54. The van der Waals surface area contributed by atoms with Crippen LogP contribution < -0.4 is 5.73 Å². The van der Waals surface area contributed by atoms with Crippen LogP contribution in [0.2, 0.25) is 5.02 Å². The van der Waals surface area contributed by atoms with E-state index in [0.29, 0.717) is 0 Å². The minimum Gasteiger partial charge on any atom is -0.323 e. The number of hydrogen-bond donors (Lipinski definition) is 1. The highest BCUT2D eigenvalue weighted by Crippen LogP contribution is 2.22. The van der Waals surface area contributed by atoms with Crippen molar-refractivity contribution in [2.75, 3.05) is 0 Å². The summed E-state index contributed by atoms with van der Waals surface area (Å²) in [6.45, 7) is 3.96. The van der Waals surface area contributed by atoms with Crippen LogP contribution in [0.15, 0.2) is 30.7 Å². The SMILES string of the molecule is Cc1cc(Cl)ccc1-n1cncc1[C@@H](C)N. The molecule has 0 radical (unpaired) electrons. The van der Waals surface area contributed by atoms with E-state index in [1.807, 2.05) is 36.6 Å². The molecule has 0 aliphatic rings. The maximum atomic E-state index is 5.93. The van der Waals surface area contributed by atoms with Crippen LogP contribution in [-0.2, 0) is 0 Å². The molecule has 1 aromatic carbocycles. The fourth-order valence-corrected chi connectivity index (χ4v) is 1.96. The molecule has 2 rings (SSSR count). The Kier molecular flexibility index (Phi) is 2.99. The van der Waals surface area contributed by atoms with Gasteiger partial charge in [0.15, 0.2) is 0 Å². The third kappa shape index (κ3) is 1.96. The van der Waals surface area contributed by atoms with E-state index in [2.05, 4.69) is 4.98 Å². The summed E-state index contributed by atoms with van der Waals surface area (Å²) in [5.41, 5.74) is 9.05. The van der Waals surface area contributed by atoms with E-state index >= 15 is 0 Å². The molecule has 0 fully saturated rings. The number of benzene rings is 1. The molecule has 0 amide bonds. The van der Waals surface area contributed by atoms with Crippen molar-refractivity contribution in [1.29, 1.82) is 0 Å². The second-order valence-corrected chi connectivity index (χ2v) is 4.34. The Labute approximate surface area is 99.9 Å². The van der Waals surface area contributed by atoms with Gasteiger partial charge in [-0.05, 0) is 37.6 Å². The standard InChI is InChI=1S/C12H14ClN3/c1-8-5-10(13)3-4-11(8)16-7-15-6-12(16)9(2)14/h3-7,9H,14H2,1-2H3/t9-/m1/s1. The van der Waals surface area contributed by atoms with Gasteiger partial charge in [0.05, 0.1) is 18.2 Å². The number of halogens is 1. The van der Waals surface area contributed by atoms with Crippen LogP contribution >= 0.6 is 11.6 Å². The average Bonchev–Trinajstić information content (AvgIpc) is 2.66. The third-order valence-corrected chi connectivity index (χ3v) is 2.79. The first-order valence-corrected chi connectivity index (χ1v) is 5.51. The van der Waals surface area contributed by atoms with Crippen LogP contribution in [0.4, 0.5) is 0 Å². The number of aryl methyl sites for hydroxylation is 1. The van der Waals surface area contributed by atoms with Gasteiger partial charge in [-0.1, -0.05) is 11.6 Å². The van der Waals surface area contributed by atoms with Gasteiger partial charge in [0.1, 0.15) is 0 Å². The Morgan fingerprint density at radius 2 is 2.19 bits per heavy atom. The quantitative estimate of drug-likeness (QED) is 0.870. The predicted octanol–water partition coefficient (Wildman–Crippen LogP) is 2.85. The maximum Gasteiger partial charge on any atom is 0.0994 e. The van der Waals surface area contributed by atoms with Crippen molar-refractivity contribution < 1.29 is 0 Å². The lowest BCUT2D eigenvalue weighted by atomic mass is 10.2. The minimum absolute atomic E-state index is 0.0439. The van der Waals surface area contributed by atoms with E-state index < -0.39 is 0 Å². The van der Waals surface area contributed by atoms with Crippen molar-refractivity contribution in [3.63, 3.8) is 0 Å². The van der Waals surface area contributed by atoms with E-state index in [4.69, 9.17) is 17.3 Å². The molecule has 84 valence electrons. The first-order chi connectivity index (χ1) is 7.59. The van der Waals surface area contributed by atoms with Crippen molar-refractivity contribution in [3.8, 4) is 5.69 Å². The summed E-state index contributed by atoms with van der Waals surface area (Å²) in [6, 6.07) is 5.74. The van der Waals surface area contributed by atoms with Gasteiger partial charge in [0.2, 0.25) is 0 Å². The molecule has 16 heavy (non-hydrogen) atoms. The fraction of sp³-hybridized carbons (Fsp3) is 0.250. The maximum absolute atomic E-state index is 5.93. The van der Waals surface area contributed by atoms with Crippen molar-refractivity contribution >= 4 is 11.6 Å². The Bertz CT molecular complexity index is 503. The Morgan fingerprint density at radius 1 is 1.44 bits per heavy atom. The van der Waals surface area contributed by atoms with Gasteiger partial charge in [-0.3, -0.25) is 0 Å². The van der Waals surface area contributed by atoms with Gasteiger partial charge >= 0.3 is 0 Å². The molecular formula is C12H14ClN3. The zero-order valence-corrected chi connectivity index (χ0v) is 10.1. The lowest BCUT2D eigenvalue weighted by Crippen LogP contribution is -2.11. The molecule has 0 unspecified atom stereocenters. The predicted molar refractivity (Wildman–Crippen MR) is 65.9 cm³/mol. The molecule has 0 aliphatic heterocycles. The molecule has 0 saturated heterocycles. The first kappa shape index (κ1) is 11.2. The molecule has 0 aliphatic carbocycles. The Hall–Kier alpha value is -1.32. The van der Waals surface area contributed by atoms with E-state index in [1.54, 1.807) is 12.5 Å². The number of aromatic nitrogens is 2. The van der Waals surface area contributed by atoms with Gasteiger partial charge in [0.25, 0.3) is 0 Å². The van der Waals surface area contributed by atoms with Crippen molar-refractivity contribution in [3.05, 3.63) is 47.0 Å². The fourth-order valence-electron chi connectivity index (χ4n) is 1.73. The summed E-state index contributed by atoms with van der Waals surface area (Å²) in [5, 5.41) is 0.740. The largest absolute Gasteiger partial charge is 0.323 e. The summed E-state index contributed by atoms with van der Waals surface area (Å²) >= 11 is 5.93. The third-order valence-electron chi connectivity index (χ3n) is 2.55. The van der Waals surface area contributed by atoms with Crippen LogP contribution in [0.1, 0.15) is 24.2 Å². The molecule has 1 heterocycles. The van der Waals surface area contributed by atoms with Crippen LogP contribution in [0, 0.1) is 6.92 Å². The normalized spacial score (nSPS) is 12.8. The zero-order chi connectivity index (χ0) is 11.7. The van der Waals surface area contributed by atoms with E-state index in [1.165, 1.54) is 0 Å². The highest BCUT2D eigenvalue weighted by Gasteiger charge is 2.10. The molecule has 2 N–H and O–H groups in total. The van der Waals surface area contributed by atoms with Gasteiger partial charge in [-0.25, -0.2) is 4.98 Å². The summed E-state index contributed by atoms with van der Waals surface area (Å²) in [4.78, 5) is 4.13. The van der Waals surface area contributed by atoms with Crippen molar-refractivity contribution in [1.82, 2.24) is 9.55 Å². The molecule has 0 spiro atoms. The summed E-state index contributed by atoms with van der Waals surface area (Å²) in [7, 11) is 0. The zero-order valence-electron chi connectivity index (χ0n) is 9.31. The van der Waals surface area contributed by atoms with Gasteiger partial charge in [0, 0.05) is 16.8 Å². The van der Waals surface area contributed by atoms with Crippen LogP contribution in [0.25, 0.3) is 5.69 Å². The van der Waals surface area contributed by atoms with Gasteiger partial charge < -0.3 is 10.3 Å². The summed E-state index contributed by atoms with van der Waals surface area (Å²) < 4.78 is 2.00. The first-order valence-electron chi connectivity index (χ1n) is 5.14. The number of nitrogens with two attached hydrogens (primary N) is 1. The molecule has 2 aromatic rings. The molecule has 0 saturated carbocycles. The molecule has 1 aromatic heterocycles. The number of nitrogens with zero attached hydrogens (tertiary/aromatic N) is 2. The van der Waals surface area contributed by atoms with Gasteiger partial charge in [-0.2, -0.15) is 0 Å². The second kappa shape index (κ2) is 4.28. The lowest BCUT2D eigenvalue weighted by Gasteiger charge is -2.13. The Morgan fingerprint density at radius 3 is 2.81 bits per heavy atom. The molecule has 4 heteroatoms. The summed E-state index contributed by atoms with van der Waals surface area (Å²) in [5.74, 6) is 0. The smallest absolute Gasteiger partial charge is 0.0994 e. The van der Waals surface area contributed by atoms with E-state index in [0.717, 1.165) is 22.0 Å². The van der Waals surface area contributed by atoms with Crippen LogP contribution in [0.3, 0.4) is 0 Å². The highest BCUT2D eigenvalue weighted by atomic mass is 35.5. The van der Waals surface area contributed by atoms with Crippen LogP contribution in [0.5, 0.6) is 0 Å². The second-order valence-electron chi connectivity index (χ2n) is 3.91. The highest BCUT2D eigenvalue weighted by molar-refractivity contribution is 6.30. The van der Waals surface area contributed by atoms with Crippen LogP contribution in [-0.4, -0.2) is 9.55 Å². The minimum atomic E-state index is -0.0439. The topological polar surface area (TPSA) is 43.8 Å². The van der Waals surface area contributed by atoms with Gasteiger partial charge in [-0.15, -0.1) is 0 Å².